The lowest BCUT2D eigenvalue weighted by Gasteiger charge is -2.13. The molecule has 0 atom stereocenters. The SMILES string of the molecule is Cc1cc(N)nc(C=CC(=O)Nc2cc(-c3ccc(N(C)C)cc3)cnc2N)c1. The number of nitrogen functional groups attached to an aromatic ring is 2. The highest BCUT2D eigenvalue weighted by Crippen LogP contribution is 2.27. The Kier molecular flexibility index (Phi) is 5.78. The van der Waals surface area contributed by atoms with Gasteiger partial charge in [-0.25, -0.2) is 9.97 Å². The van der Waals surface area contributed by atoms with Crippen LogP contribution in [-0.4, -0.2) is 30.0 Å². The number of nitrogens with two attached hydrogens (primary N) is 2. The Morgan fingerprint density at radius 3 is 2.45 bits per heavy atom. The number of anilines is 4. The first-order valence-corrected chi connectivity index (χ1v) is 9.08. The van der Waals surface area contributed by atoms with Crippen molar-refractivity contribution in [2.75, 3.05) is 35.8 Å². The normalized spacial score (nSPS) is 10.9. The number of rotatable bonds is 5. The van der Waals surface area contributed by atoms with E-state index in [1.165, 1.54) is 6.08 Å². The first kappa shape index (κ1) is 19.9. The molecule has 0 aliphatic heterocycles. The van der Waals surface area contributed by atoms with Crippen LogP contribution in [0.4, 0.5) is 23.0 Å². The van der Waals surface area contributed by atoms with Crippen molar-refractivity contribution in [1.82, 2.24) is 9.97 Å². The van der Waals surface area contributed by atoms with Gasteiger partial charge in [0.1, 0.15) is 11.6 Å². The Balaban J connectivity index is 1.77. The summed E-state index contributed by atoms with van der Waals surface area (Å²) in [6, 6.07) is 13.5. The zero-order valence-corrected chi connectivity index (χ0v) is 16.7. The van der Waals surface area contributed by atoms with Crippen LogP contribution in [0.15, 0.2) is 54.7 Å². The molecule has 0 saturated carbocycles. The summed E-state index contributed by atoms with van der Waals surface area (Å²) in [4.78, 5) is 22.7. The highest BCUT2D eigenvalue weighted by molar-refractivity contribution is 6.03. The van der Waals surface area contributed by atoms with Gasteiger partial charge < -0.3 is 21.7 Å². The van der Waals surface area contributed by atoms with E-state index < -0.39 is 0 Å². The topological polar surface area (TPSA) is 110 Å². The Morgan fingerprint density at radius 2 is 1.79 bits per heavy atom. The lowest BCUT2D eigenvalue weighted by Crippen LogP contribution is -2.11. The molecule has 0 aliphatic rings. The average Bonchev–Trinajstić information content (AvgIpc) is 2.67. The molecular weight excluding hydrogens is 364 g/mol. The Bertz CT molecular complexity index is 1040. The fourth-order valence-corrected chi connectivity index (χ4v) is 2.83. The van der Waals surface area contributed by atoms with E-state index in [2.05, 4.69) is 15.3 Å². The number of amides is 1. The summed E-state index contributed by atoms with van der Waals surface area (Å²) in [6.07, 6.45) is 4.68. The zero-order chi connectivity index (χ0) is 21.0. The molecular formula is C22H24N6O. The van der Waals surface area contributed by atoms with Crippen LogP contribution in [0.1, 0.15) is 11.3 Å². The molecule has 148 valence electrons. The third kappa shape index (κ3) is 5.10. The molecule has 7 nitrogen and oxygen atoms in total. The van der Waals surface area contributed by atoms with E-state index in [9.17, 15) is 4.79 Å². The molecule has 5 N–H and O–H groups in total. The van der Waals surface area contributed by atoms with Crippen LogP contribution in [-0.2, 0) is 4.79 Å². The molecule has 0 bridgehead atoms. The highest BCUT2D eigenvalue weighted by Gasteiger charge is 2.08. The fourth-order valence-electron chi connectivity index (χ4n) is 2.83. The van der Waals surface area contributed by atoms with Gasteiger partial charge in [0.2, 0.25) is 5.91 Å². The molecule has 0 spiro atoms. The molecule has 0 fully saturated rings. The van der Waals surface area contributed by atoms with Gasteiger partial charge in [0.15, 0.2) is 0 Å². The summed E-state index contributed by atoms with van der Waals surface area (Å²) in [7, 11) is 3.98. The number of benzene rings is 1. The summed E-state index contributed by atoms with van der Waals surface area (Å²) < 4.78 is 0. The highest BCUT2D eigenvalue weighted by atomic mass is 16.1. The lowest BCUT2D eigenvalue weighted by molar-refractivity contribution is -0.111. The third-order valence-corrected chi connectivity index (χ3v) is 4.31. The predicted octanol–water partition coefficient (Wildman–Crippen LogP) is 3.33. The zero-order valence-electron chi connectivity index (χ0n) is 16.7. The number of carbonyl (C=O) groups excluding carboxylic acids is 1. The summed E-state index contributed by atoms with van der Waals surface area (Å²) in [5.41, 5.74) is 16.6. The molecule has 0 aliphatic carbocycles. The Labute approximate surface area is 170 Å². The summed E-state index contributed by atoms with van der Waals surface area (Å²) >= 11 is 0. The van der Waals surface area contributed by atoms with Crippen LogP contribution in [0.5, 0.6) is 0 Å². The fraction of sp³-hybridized carbons (Fsp3) is 0.136. The maximum atomic E-state index is 12.3. The van der Waals surface area contributed by atoms with Crippen molar-refractivity contribution in [3.05, 3.63) is 66.0 Å². The van der Waals surface area contributed by atoms with Crippen molar-refractivity contribution in [3.63, 3.8) is 0 Å². The van der Waals surface area contributed by atoms with Crippen molar-refractivity contribution in [2.45, 2.75) is 6.92 Å². The van der Waals surface area contributed by atoms with E-state index in [1.807, 2.05) is 62.3 Å². The van der Waals surface area contributed by atoms with Crippen molar-refractivity contribution in [3.8, 4) is 11.1 Å². The van der Waals surface area contributed by atoms with E-state index in [1.54, 1.807) is 18.3 Å². The van der Waals surface area contributed by atoms with Gasteiger partial charge in [-0.1, -0.05) is 12.1 Å². The van der Waals surface area contributed by atoms with E-state index in [-0.39, 0.29) is 11.7 Å². The summed E-state index contributed by atoms with van der Waals surface area (Å²) in [6.45, 7) is 1.92. The van der Waals surface area contributed by atoms with Gasteiger partial charge in [-0.15, -0.1) is 0 Å². The standard InChI is InChI=1S/C22H24N6O/c1-14-10-17(26-20(23)11-14)6-9-21(29)27-19-12-16(13-25-22(19)24)15-4-7-18(8-5-15)28(2)3/h4-13H,1-3H3,(H2,23,26)(H2,24,25)(H,27,29). The third-order valence-electron chi connectivity index (χ3n) is 4.31. The van der Waals surface area contributed by atoms with Crippen molar-refractivity contribution >= 4 is 35.0 Å². The molecule has 1 amide bonds. The van der Waals surface area contributed by atoms with Crippen LogP contribution < -0.4 is 21.7 Å². The van der Waals surface area contributed by atoms with E-state index in [0.29, 0.717) is 17.2 Å². The number of nitrogens with zero attached hydrogens (tertiary/aromatic N) is 3. The average molecular weight is 388 g/mol. The molecule has 3 aromatic rings. The second-order valence-corrected chi connectivity index (χ2v) is 6.91. The second-order valence-electron chi connectivity index (χ2n) is 6.91. The Hall–Kier alpha value is -3.87. The molecule has 0 saturated heterocycles. The number of carbonyl (C=O) groups is 1. The molecule has 0 unspecified atom stereocenters. The minimum absolute atomic E-state index is 0.248. The van der Waals surface area contributed by atoms with E-state index >= 15 is 0 Å². The number of aryl methyl sites for hydroxylation is 1. The summed E-state index contributed by atoms with van der Waals surface area (Å²) in [5, 5.41) is 2.77. The monoisotopic (exact) mass is 388 g/mol. The maximum Gasteiger partial charge on any atom is 0.248 e. The molecule has 1 aromatic carbocycles. The molecule has 0 radical (unpaired) electrons. The van der Waals surface area contributed by atoms with Gasteiger partial charge in [0, 0.05) is 37.6 Å². The first-order chi connectivity index (χ1) is 13.8. The van der Waals surface area contributed by atoms with Gasteiger partial charge in [-0.3, -0.25) is 4.79 Å². The molecule has 7 heteroatoms. The van der Waals surface area contributed by atoms with Gasteiger partial charge in [0.05, 0.1) is 11.4 Å². The van der Waals surface area contributed by atoms with Crippen molar-refractivity contribution < 1.29 is 4.79 Å². The van der Waals surface area contributed by atoms with Crippen LogP contribution in [0.3, 0.4) is 0 Å². The summed E-state index contributed by atoms with van der Waals surface area (Å²) in [5.74, 6) is 0.324. The molecule has 2 heterocycles. The number of nitrogens with one attached hydrogen (secondary N) is 1. The largest absolute Gasteiger partial charge is 0.384 e. The minimum Gasteiger partial charge on any atom is -0.384 e. The van der Waals surface area contributed by atoms with Gasteiger partial charge >= 0.3 is 0 Å². The quantitative estimate of drug-likeness (QED) is 0.578. The van der Waals surface area contributed by atoms with Crippen LogP contribution in [0, 0.1) is 6.92 Å². The number of hydrogen-bond donors (Lipinski definition) is 3. The van der Waals surface area contributed by atoms with Crippen LogP contribution in [0.25, 0.3) is 17.2 Å². The van der Waals surface area contributed by atoms with Crippen molar-refractivity contribution in [2.24, 2.45) is 0 Å². The lowest BCUT2D eigenvalue weighted by atomic mass is 10.1. The minimum atomic E-state index is -0.333. The van der Waals surface area contributed by atoms with Crippen molar-refractivity contribution in [1.29, 1.82) is 0 Å². The molecule has 29 heavy (non-hydrogen) atoms. The number of pyridine rings is 2. The van der Waals surface area contributed by atoms with Crippen LogP contribution in [0.2, 0.25) is 0 Å². The van der Waals surface area contributed by atoms with E-state index in [0.717, 1.165) is 22.4 Å². The predicted molar refractivity (Wildman–Crippen MR) is 119 cm³/mol. The smallest absolute Gasteiger partial charge is 0.248 e. The number of hydrogen-bond acceptors (Lipinski definition) is 6. The second kappa shape index (κ2) is 8.43. The molecule has 2 aromatic heterocycles. The molecule has 3 rings (SSSR count). The number of aromatic nitrogens is 2. The van der Waals surface area contributed by atoms with E-state index in [4.69, 9.17) is 11.5 Å². The van der Waals surface area contributed by atoms with Gasteiger partial charge in [-0.05, 0) is 54.5 Å². The van der Waals surface area contributed by atoms with Crippen LogP contribution >= 0.6 is 0 Å². The van der Waals surface area contributed by atoms with Gasteiger partial charge in [0.25, 0.3) is 0 Å². The maximum absolute atomic E-state index is 12.3. The van der Waals surface area contributed by atoms with Gasteiger partial charge in [-0.2, -0.15) is 0 Å². The first-order valence-electron chi connectivity index (χ1n) is 9.08. The Morgan fingerprint density at radius 1 is 1.07 bits per heavy atom.